The van der Waals surface area contributed by atoms with E-state index in [0.29, 0.717) is 36.4 Å². The molecule has 7 nitrogen and oxygen atoms in total. The summed E-state index contributed by atoms with van der Waals surface area (Å²) in [6, 6.07) is 19.3. The maximum absolute atomic E-state index is 13.9. The normalized spacial score (nSPS) is 15.3. The summed E-state index contributed by atoms with van der Waals surface area (Å²) in [6.07, 6.45) is -4.62. The predicted molar refractivity (Wildman–Crippen MR) is 142 cm³/mol. The Morgan fingerprint density at radius 1 is 1.00 bits per heavy atom. The molecular weight excluding hydrogens is 549 g/mol. The van der Waals surface area contributed by atoms with E-state index in [1.165, 1.54) is 0 Å². The minimum atomic E-state index is -5.08. The molecule has 0 spiro atoms. The van der Waals surface area contributed by atoms with Crippen molar-refractivity contribution < 1.29 is 41.8 Å². The minimum Gasteiger partial charge on any atom is -0.478 e. The lowest BCUT2D eigenvalue weighted by Gasteiger charge is -2.32. The first-order chi connectivity index (χ1) is 19.2. The number of H-pyrrole nitrogens is 1. The number of aliphatic carboxylic acids is 1. The van der Waals surface area contributed by atoms with Gasteiger partial charge >= 0.3 is 18.1 Å². The maximum atomic E-state index is 13.9. The van der Waals surface area contributed by atoms with Crippen molar-refractivity contribution in [1.82, 2.24) is 14.9 Å². The van der Waals surface area contributed by atoms with E-state index in [0.717, 1.165) is 27.8 Å². The first kappa shape index (κ1) is 29.7. The predicted octanol–water partition coefficient (Wildman–Crippen LogP) is 6.77. The van der Waals surface area contributed by atoms with E-state index in [1.807, 2.05) is 59.5 Å². The van der Waals surface area contributed by atoms with Gasteiger partial charge in [0, 0.05) is 13.0 Å². The standard InChI is InChI=1S/C27H25F2N3O2.C2HF3O2/c1-17-30-24-14-21(13-23(26(33)34)25(24)31-17)18-7-9-19(10-8-18)22-6-3-2-5-20(22)15-32-12-4-11-27(28,29)16-32;3-2(4,5)1(6)7/h2-3,5-10,13-14H,4,11-12,15-16H2,1H3,(H,30,31)(H,33,34);(H,6,7). The van der Waals surface area contributed by atoms with E-state index in [9.17, 15) is 31.9 Å². The summed E-state index contributed by atoms with van der Waals surface area (Å²) in [5.41, 5.74) is 5.95. The number of aromatic nitrogens is 2. The Balaban J connectivity index is 0.000000493. The van der Waals surface area contributed by atoms with Gasteiger partial charge in [0.1, 0.15) is 11.3 Å². The third-order valence-electron chi connectivity index (χ3n) is 6.59. The average Bonchev–Trinajstić information content (AvgIpc) is 3.27. The third-order valence-corrected chi connectivity index (χ3v) is 6.59. The Morgan fingerprint density at radius 2 is 1.63 bits per heavy atom. The fourth-order valence-electron chi connectivity index (χ4n) is 4.77. The molecule has 0 bridgehead atoms. The van der Waals surface area contributed by atoms with E-state index < -0.39 is 24.0 Å². The Hall–Kier alpha value is -4.32. The topological polar surface area (TPSA) is 107 Å². The van der Waals surface area contributed by atoms with Crippen molar-refractivity contribution in [2.24, 2.45) is 0 Å². The first-order valence-corrected chi connectivity index (χ1v) is 12.6. The molecule has 1 aliphatic heterocycles. The van der Waals surface area contributed by atoms with Crippen LogP contribution in [-0.2, 0) is 11.3 Å². The number of carboxylic acid groups (broad SMARTS) is 2. The number of rotatable bonds is 5. The fraction of sp³-hybridized carbons (Fsp3) is 0.276. The first-order valence-electron chi connectivity index (χ1n) is 12.6. The van der Waals surface area contributed by atoms with Crippen molar-refractivity contribution in [3.8, 4) is 22.3 Å². The number of aromatic carboxylic acids is 1. The number of aromatic amines is 1. The van der Waals surface area contributed by atoms with Gasteiger partial charge < -0.3 is 15.2 Å². The minimum absolute atomic E-state index is 0.0416. The van der Waals surface area contributed by atoms with Gasteiger partial charge in [-0.05, 0) is 59.8 Å². The number of hydrogen-bond donors (Lipinski definition) is 3. The smallest absolute Gasteiger partial charge is 0.478 e. The molecule has 5 rings (SSSR count). The van der Waals surface area contributed by atoms with Gasteiger partial charge in [0.25, 0.3) is 5.92 Å². The highest BCUT2D eigenvalue weighted by Crippen LogP contribution is 2.32. The molecule has 41 heavy (non-hydrogen) atoms. The van der Waals surface area contributed by atoms with Crippen LogP contribution in [0, 0.1) is 6.92 Å². The molecule has 0 unspecified atom stereocenters. The molecule has 1 aromatic heterocycles. The number of benzene rings is 3. The number of carbonyl (C=O) groups is 2. The molecule has 0 atom stereocenters. The number of carboxylic acids is 2. The van der Waals surface area contributed by atoms with Crippen molar-refractivity contribution in [2.45, 2.75) is 38.4 Å². The Kier molecular flexibility index (Phi) is 8.43. The summed E-state index contributed by atoms with van der Waals surface area (Å²) in [5, 5.41) is 16.8. The second-order valence-electron chi connectivity index (χ2n) is 9.75. The van der Waals surface area contributed by atoms with Crippen LogP contribution in [0.1, 0.15) is 34.6 Å². The van der Waals surface area contributed by atoms with Crippen LogP contribution in [0.15, 0.2) is 60.7 Å². The monoisotopic (exact) mass is 575 g/mol. The number of imidazole rings is 1. The SMILES string of the molecule is Cc1nc2c(C(=O)O)cc(-c3ccc(-c4ccccc4CN4CCCC(F)(F)C4)cc3)cc2[nH]1.O=C(O)C(F)(F)F. The molecule has 0 radical (unpaired) electrons. The molecule has 1 fully saturated rings. The molecule has 3 aromatic carbocycles. The highest BCUT2D eigenvalue weighted by atomic mass is 19.4. The van der Waals surface area contributed by atoms with Gasteiger partial charge in [-0.1, -0.05) is 48.5 Å². The van der Waals surface area contributed by atoms with Gasteiger partial charge in [-0.2, -0.15) is 13.2 Å². The molecule has 12 heteroatoms. The lowest BCUT2D eigenvalue weighted by Crippen LogP contribution is -2.42. The van der Waals surface area contributed by atoms with Gasteiger partial charge in [-0.3, -0.25) is 4.90 Å². The summed E-state index contributed by atoms with van der Waals surface area (Å²) in [6.45, 7) is 2.74. The molecule has 216 valence electrons. The molecule has 3 N–H and O–H groups in total. The van der Waals surface area contributed by atoms with E-state index in [1.54, 1.807) is 13.0 Å². The van der Waals surface area contributed by atoms with Crippen LogP contribution < -0.4 is 0 Å². The van der Waals surface area contributed by atoms with Crippen LogP contribution in [-0.4, -0.2) is 62.2 Å². The molecule has 4 aromatic rings. The summed E-state index contributed by atoms with van der Waals surface area (Å²) in [4.78, 5) is 29.9. The van der Waals surface area contributed by atoms with E-state index in [-0.39, 0.29) is 18.5 Å². The van der Waals surface area contributed by atoms with Crippen molar-refractivity contribution >= 4 is 23.0 Å². The lowest BCUT2D eigenvalue weighted by molar-refractivity contribution is -0.192. The Bertz CT molecular complexity index is 1570. The number of hydrogen-bond acceptors (Lipinski definition) is 4. The Morgan fingerprint density at radius 3 is 2.24 bits per heavy atom. The molecule has 0 saturated carbocycles. The summed E-state index contributed by atoms with van der Waals surface area (Å²) < 4.78 is 59.5. The number of halogens is 5. The molecule has 1 aliphatic rings. The van der Waals surface area contributed by atoms with E-state index in [4.69, 9.17) is 9.90 Å². The maximum Gasteiger partial charge on any atom is 0.490 e. The van der Waals surface area contributed by atoms with Gasteiger partial charge in [-0.15, -0.1) is 0 Å². The average molecular weight is 576 g/mol. The highest BCUT2D eigenvalue weighted by molar-refractivity contribution is 6.03. The van der Waals surface area contributed by atoms with E-state index >= 15 is 0 Å². The van der Waals surface area contributed by atoms with Crippen molar-refractivity contribution in [2.75, 3.05) is 13.1 Å². The second kappa shape index (κ2) is 11.7. The van der Waals surface area contributed by atoms with Gasteiger partial charge in [0.15, 0.2) is 0 Å². The van der Waals surface area contributed by atoms with Crippen LogP contribution >= 0.6 is 0 Å². The number of nitrogens with zero attached hydrogens (tertiary/aromatic N) is 2. The van der Waals surface area contributed by atoms with Crippen LogP contribution in [0.5, 0.6) is 0 Å². The highest BCUT2D eigenvalue weighted by Gasteiger charge is 2.38. The van der Waals surface area contributed by atoms with Crippen molar-refractivity contribution in [3.05, 3.63) is 77.6 Å². The number of likely N-dealkylation sites (tertiary alicyclic amines) is 1. The number of alkyl halides is 5. The summed E-state index contributed by atoms with van der Waals surface area (Å²) in [7, 11) is 0. The molecule has 2 heterocycles. The van der Waals surface area contributed by atoms with Crippen molar-refractivity contribution in [3.63, 3.8) is 0 Å². The largest absolute Gasteiger partial charge is 0.490 e. The van der Waals surface area contributed by atoms with Crippen LogP contribution in [0.2, 0.25) is 0 Å². The quantitative estimate of drug-likeness (QED) is 0.227. The molecule has 1 saturated heterocycles. The Labute approximate surface area is 231 Å². The molecule has 0 amide bonds. The number of nitrogens with one attached hydrogen (secondary N) is 1. The fourth-order valence-corrected chi connectivity index (χ4v) is 4.77. The molecule has 0 aliphatic carbocycles. The summed E-state index contributed by atoms with van der Waals surface area (Å²) in [5.74, 6) is -5.74. The lowest BCUT2D eigenvalue weighted by atomic mass is 9.95. The third kappa shape index (κ3) is 7.26. The van der Waals surface area contributed by atoms with E-state index in [2.05, 4.69) is 9.97 Å². The van der Waals surface area contributed by atoms with Gasteiger partial charge in [-0.25, -0.2) is 23.4 Å². The van der Waals surface area contributed by atoms with Gasteiger partial charge in [0.05, 0.1) is 17.6 Å². The second-order valence-corrected chi connectivity index (χ2v) is 9.75. The zero-order valence-corrected chi connectivity index (χ0v) is 21.8. The molecular formula is C29H26F5N3O4. The van der Waals surface area contributed by atoms with Crippen molar-refractivity contribution in [1.29, 1.82) is 0 Å². The van der Waals surface area contributed by atoms with Crippen LogP contribution in [0.3, 0.4) is 0 Å². The summed E-state index contributed by atoms with van der Waals surface area (Å²) >= 11 is 0. The number of piperidine rings is 1. The zero-order valence-electron chi connectivity index (χ0n) is 21.8. The number of fused-ring (bicyclic) bond motifs is 1. The van der Waals surface area contributed by atoms with Crippen LogP contribution in [0.25, 0.3) is 33.3 Å². The number of aryl methyl sites for hydroxylation is 1. The van der Waals surface area contributed by atoms with Gasteiger partial charge in [0.2, 0.25) is 0 Å². The zero-order chi connectivity index (χ0) is 29.9. The van der Waals surface area contributed by atoms with Crippen LogP contribution in [0.4, 0.5) is 22.0 Å².